The molecular formula is C28H28N4O4. The zero-order chi connectivity index (χ0) is 25.3. The second-order valence-corrected chi connectivity index (χ2v) is 8.38. The van der Waals surface area contributed by atoms with Gasteiger partial charge in [-0.15, -0.1) is 10.2 Å². The molecule has 8 heteroatoms. The van der Waals surface area contributed by atoms with Gasteiger partial charge in [-0.3, -0.25) is 9.59 Å². The Morgan fingerprint density at radius 2 is 1.72 bits per heavy atom. The highest BCUT2D eigenvalue weighted by Crippen LogP contribution is 2.20. The van der Waals surface area contributed by atoms with Gasteiger partial charge in [0, 0.05) is 24.9 Å². The predicted octanol–water partition coefficient (Wildman–Crippen LogP) is 3.98. The zero-order valence-corrected chi connectivity index (χ0v) is 20.3. The molecule has 0 atom stereocenters. The van der Waals surface area contributed by atoms with Crippen LogP contribution in [0.5, 0.6) is 11.5 Å². The number of benzene rings is 3. The van der Waals surface area contributed by atoms with Crippen LogP contribution in [0.2, 0.25) is 0 Å². The van der Waals surface area contributed by atoms with Crippen LogP contribution in [-0.4, -0.2) is 28.2 Å². The number of nitrogens with one attached hydrogen (secondary N) is 2. The maximum atomic E-state index is 12.5. The van der Waals surface area contributed by atoms with Crippen LogP contribution in [0.25, 0.3) is 11.4 Å². The molecule has 0 spiro atoms. The van der Waals surface area contributed by atoms with Crippen molar-refractivity contribution in [1.29, 1.82) is 0 Å². The molecule has 0 radical (unpaired) electrons. The van der Waals surface area contributed by atoms with Crippen LogP contribution in [0.1, 0.15) is 28.8 Å². The van der Waals surface area contributed by atoms with Crippen LogP contribution in [0.3, 0.4) is 0 Å². The fourth-order valence-electron chi connectivity index (χ4n) is 3.63. The maximum absolute atomic E-state index is 12.5. The van der Waals surface area contributed by atoms with E-state index in [1.54, 1.807) is 19.2 Å². The molecule has 0 saturated heterocycles. The van der Waals surface area contributed by atoms with Crippen LogP contribution in [0.4, 0.5) is 0 Å². The molecule has 0 aliphatic heterocycles. The highest BCUT2D eigenvalue weighted by Gasteiger charge is 2.10. The first-order valence-corrected chi connectivity index (χ1v) is 11.6. The number of aryl methyl sites for hydroxylation is 2. The van der Waals surface area contributed by atoms with Crippen molar-refractivity contribution in [3.63, 3.8) is 0 Å². The molecular weight excluding hydrogens is 456 g/mol. The van der Waals surface area contributed by atoms with Gasteiger partial charge in [-0.05, 0) is 54.4 Å². The van der Waals surface area contributed by atoms with E-state index in [9.17, 15) is 9.59 Å². The van der Waals surface area contributed by atoms with E-state index in [1.165, 1.54) is 0 Å². The second kappa shape index (κ2) is 11.8. The fourth-order valence-corrected chi connectivity index (χ4v) is 3.63. The Morgan fingerprint density at radius 3 is 2.47 bits per heavy atom. The third-order valence-electron chi connectivity index (χ3n) is 5.59. The third-order valence-corrected chi connectivity index (χ3v) is 5.59. The van der Waals surface area contributed by atoms with Gasteiger partial charge in [0.25, 0.3) is 5.56 Å². The molecule has 0 fully saturated rings. The molecule has 36 heavy (non-hydrogen) atoms. The van der Waals surface area contributed by atoms with Crippen LogP contribution in [0, 0.1) is 6.92 Å². The summed E-state index contributed by atoms with van der Waals surface area (Å²) in [7, 11) is 1.63. The van der Waals surface area contributed by atoms with Crippen molar-refractivity contribution in [2.75, 3.05) is 7.11 Å². The van der Waals surface area contributed by atoms with Gasteiger partial charge in [-0.25, -0.2) is 0 Å². The van der Waals surface area contributed by atoms with Crippen LogP contribution < -0.4 is 20.3 Å². The van der Waals surface area contributed by atoms with Crippen molar-refractivity contribution < 1.29 is 14.3 Å². The van der Waals surface area contributed by atoms with Gasteiger partial charge >= 0.3 is 0 Å². The smallest absolute Gasteiger partial charge is 0.273 e. The van der Waals surface area contributed by atoms with Crippen molar-refractivity contribution in [3.05, 3.63) is 106 Å². The number of methoxy groups -OCH3 is 1. The van der Waals surface area contributed by atoms with Crippen LogP contribution >= 0.6 is 0 Å². The van der Waals surface area contributed by atoms with Crippen molar-refractivity contribution in [3.8, 4) is 22.9 Å². The summed E-state index contributed by atoms with van der Waals surface area (Å²) in [5, 5.41) is 11.1. The SMILES string of the molecule is COc1cccc(COc2ccc(-c3nnc(CCC(=O)NCc4cccc(C)c4)c(=O)[nH]3)cc2)c1. The Kier molecular flexibility index (Phi) is 8.08. The van der Waals surface area contributed by atoms with E-state index in [0.717, 1.165) is 22.4 Å². The second-order valence-electron chi connectivity index (χ2n) is 8.38. The molecule has 0 saturated carbocycles. The van der Waals surface area contributed by atoms with Crippen LogP contribution in [-0.2, 0) is 24.4 Å². The lowest BCUT2D eigenvalue weighted by atomic mass is 10.1. The lowest BCUT2D eigenvalue weighted by molar-refractivity contribution is -0.121. The number of amides is 1. The van der Waals surface area contributed by atoms with Gasteiger partial charge in [-0.2, -0.15) is 0 Å². The number of hydrogen-bond donors (Lipinski definition) is 2. The summed E-state index contributed by atoms with van der Waals surface area (Å²) in [6.07, 6.45) is 0.363. The number of hydrogen-bond acceptors (Lipinski definition) is 6. The van der Waals surface area contributed by atoms with Gasteiger partial charge in [0.1, 0.15) is 23.8 Å². The van der Waals surface area contributed by atoms with E-state index in [4.69, 9.17) is 9.47 Å². The Balaban J connectivity index is 1.30. The Bertz CT molecular complexity index is 1380. The van der Waals surface area contributed by atoms with E-state index in [0.29, 0.717) is 30.3 Å². The lowest BCUT2D eigenvalue weighted by Crippen LogP contribution is -2.25. The van der Waals surface area contributed by atoms with Gasteiger partial charge < -0.3 is 19.8 Å². The van der Waals surface area contributed by atoms with E-state index >= 15 is 0 Å². The molecule has 4 aromatic rings. The number of ether oxygens (including phenoxy) is 2. The third kappa shape index (κ3) is 6.79. The van der Waals surface area contributed by atoms with Crippen molar-refractivity contribution in [2.24, 2.45) is 0 Å². The number of H-pyrrole nitrogens is 1. The largest absolute Gasteiger partial charge is 0.497 e. The van der Waals surface area contributed by atoms with Crippen LogP contribution in [0.15, 0.2) is 77.6 Å². The molecule has 8 nitrogen and oxygen atoms in total. The van der Waals surface area contributed by atoms with Gasteiger partial charge in [0.2, 0.25) is 5.91 Å². The molecule has 1 aromatic heterocycles. The quantitative estimate of drug-likeness (QED) is 0.353. The van der Waals surface area contributed by atoms with Gasteiger partial charge in [0.05, 0.1) is 7.11 Å². The topological polar surface area (TPSA) is 106 Å². The Morgan fingerprint density at radius 1 is 0.944 bits per heavy atom. The summed E-state index contributed by atoms with van der Waals surface area (Å²) >= 11 is 0. The lowest BCUT2D eigenvalue weighted by Gasteiger charge is -2.08. The maximum Gasteiger partial charge on any atom is 0.273 e. The highest BCUT2D eigenvalue weighted by atomic mass is 16.5. The first-order chi connectivity index (χ1) is 17.5. The number of aromatic amines is 1. The number of carbonyl (C=O) groups excluding carboxylic acids is 1. The predicted molar refractivity (Wildman–Crippen MR) is 137 cm³/mol. The molecule has 0 aliphatic carbocycles. The molecule has 4 rings (SSSR count). The molecule has 1 heterocycles. The number of nitrogens with zero attached hydrogens (tertiary/aromatic N) is 2. The fraction of sp³-hybridized carbons (Fsp3) is 0.214. The van der Waals surface area contributed by atoms with E-state index < -0.39 is 0 Å². The summed E-state index contributed by atoms with van der Waals surface area (Å²) < 4.78 is 11.1. The van der Waals surface area contributed by atoms with E-state index in [1.807, 2.05) is 67.6 Å². The highest BCUT2D eigenvalue weighted by molar-refractivity contribution is 5.76. The summed E-state index contributed by atoms with van der Waals surface area (Å²) in [5.74, 6) is 1.67. The molecule has 2 N–H and O–H groups in total. The summed E-state index contributed by atoms with van der Waals surface area (Å²) in [6, 6.07) is 22.8. The number of carbonyl (C=O) groups is 1. The standard InChI is InChI=1S/C28H28N4O4/c1-19-5-3-6-20(15-19)17-29-26(33)14-13-25-28(34)30-27(32-31-25)22-9-11-23(12-10-22)36-18-21-7-4-8-24(16-21)35-2/h3-12,15-16H,13-14,17-18H2,1-2H3,(H,29,33)(H,30,32,34). The van der Waals surface area contributed by atoms with Crippen molar-refractivity contribution in [1.82, 2.24) is 20.5 Å². The van der Waals surface area contributed by atoms with Gasteiger partial charge in [0.15, 0.2) is 5.82 Å². The minimum absolute atomic E-state index is 0.147. The van der Waals surface area contributed by atoms with Gasteiger partial charge in [-0.1, -0.05) is 42.0 Å². The monoisotopic (exact) mass is 484 g/mol. The van der Waals surface area contributed by atoms with Crippen molar-refractivity contribution in [2.45, 2.75) is 32.9 Å². The average Bonchev–Trinajstić information content (AvgIpc) is 2.90. The van der Waals surface area contributed by atoms with E-state index in [2.05, 4.69) is 20.5 Å². The first kappa shape index (κ1) is 24.7. The molecule has 3 aromatic carbocycles. The molecule has 0 unspecified atom stereocenters. The normalized spacial score (nSPS) is 10.6. The zero-order valence-electron chi connectivity index (χ0n) is 20.3. The number of aromatic nitrogens is 3. The molecule has 184 valence electrons. The summed E-state index contributed by atoms with van der Waals surface area (Å²) in [6.45, 7) is 2.85. The minimum Gasteiger partial charge on any atom is -0.497 e. The minimum atomic E-state index is -0.357. The summed E-state index contributed by atoms with van der Waals surface area (Å²) in [4.78, 5) is 27.4. The number of rotatable bonds is 10. The Labute approximate surface area is 209 Å². The van der Waals surface area contributed by atoms with E-state index in [-0.39, 0.29) is 30.0 Å². The first-order valence-electron chi connectivity index (χ1n) is 11.6. The molecule has 0 aliphatic rings. The molecule has 0 bridgehead atoms. The Hall–Kier alpha value is -4.46. The van der Waals surface area contributed by atoms with Crippen molar-refractivity contribution >= 4 is 5.91 Å². The summed E-state index contributed by atoms with van der Waals surface area (Å²) in [5.41, 5.74) is 3.73. The average molecular weight is 485 g/mol. The molecule has 1 amide bonds.